The van der Waals surface area contributed by atoms with E-state index in [2.05, 4.69) is 15.9 Å². The van der Waals surface area contributed by atoms with Gasteiger partial charge in [-0.3, -0.25) is 4.79 Å². The first kappa shape index (κ1) is 14.8. The van der Waals surface area contributed by atoms with Crippen molar-refractivity contribution in [2.75, 3.05) is 0 Å². The highest BCUT2D eigenvalue weighted by Crippen LogP contribution is 2.30. The van der Waals surface area contributed by atoms with Gasteiger partial charge in [-0.1, -0.05) is 34.8 Å². The average molecular weight is 382 g/mol. The maximum atomic E-state index is 14.0. The van der Waals surface area contributed by atoms with Crippen LogP contribution in [-0.4, -0.2) is 5.78 Å². The fourth-order valence-electron chi connectivity index (χ4n) is 1.52. The fourth-order valence-corrected chi connectivity index (χ4v) is 2.36. The van der Waals surface area contributed by atoms with Crippen LogP contribution < -0.4 is 0 Å². The molecule has 0 N–H and O–H groups in total. The van der Waals surface area contributed by atoms with Gasteiger partial charge < -0.3 is 0 Å². The summed E-state index contributed by atoms with van der Waals surface area (Å²) in [5, 5.41) is 0.396. The lowest BCUT2D eigenvalue weighted by Gasteiger charge is -2.07. The van der Waals surface area contributed by atoms with E-state index in [1.807, 2.05) is 0 Å². The monoisotopic (exact) mass is 380 g/mol. The van der Waals surface area contributed by atoms with Gasteiger partial charge in [-0.2, -0.15) is 0 Å². The number of hydrogen-bond donors (Lipinski definition) is 0. The number of ketones is 1. The zero-order chi connectivity index (χ0) is 14.2. The van der Waals surface area contributed by atoms with Crippen molar-refractivity contribution in [2.24, 2.45) is 0 Å². The molecule has 0 fully saturated rings. The lowest BCUT2D eigenvalue weighted by Crippen LogP contribution is -2.05. The van der Waals surface area contributed by atoms with Crippen LogP contribution in [0, 0.1) is 5.82 Å². The van der Waals surface area contributed by atoms with Gasteiger partial charge >= 0.3 is 0 Å². The van der Waals surface area contributed by atoms with E-state index in [9.17, 15) is 9.18 Å². The van der Waals surface area contributed by atoms with E-state index in [1.54, 1.807) is 6.07 Å². The van der Waals surface area contributed by atoms with Gasteiger partial charge in [0, 0.05) is 15.1 Å². The third kappa shape index (κ3) is 2.95. The third-order valence-electron chi connectivity index (χ3n) is 2.45. The van der Waals surface area contributed by atoms with Crippen LogP contribution in [0.1, 0.15) is 15.9 Å². The molecule has 0 saturated heterocycles. The molecule has 19 heavy (non-hydrogen) atoms. The van der Waals surface area contributed by atoms with Crippen LogP contribution >= 0.6 is 50.7 Å². The molecule has 0 bridgehead atoms. The standard InChI is InChI=1S/C13H5BrCl3FO/c14-9-3-2-7(12(18)11(9)17)13(19)8-5-6(15)1-4-10(8)16/h1-5H. The molecule has 0 unspecified atom stereocenters. The molecule has 2 aromatic rings. The van der Waals surface area contributed by atoms with E-state index < -0.39 is 11.6 Å². The molecule has 0 aliphatic heterocycles. The molecule has 0 saturated carbocycles. The minimum Gasteiger partial charge on any atom is -0.288 e. The number of hydrogen-bond acceptors (Lipinski definition) is 1. The molecule has 98 valence electrons. The topological polar surface area (TPSA) is 17.1 Å². The zero-order valence-electron chi connectivity index (χ0n) is 9.18. The normalized spacial score (nSPS) is 10.6. The summed E-state index contributed by atoms with van der Waals surface area (Å²) in [6, 6.07) is 7.25. The molecule has 2 aromatic carbocycles. The number of rotatable bonds is 2. The predicted octanol–water partition coefficient (Wildman–Crippen LogP) is 5.78. The Bertz CT molecular complexity index is 673. The molecule has 0 amide bonds. The van der Waals surface area contributed by atoms with Gasteiger partial charge in [-0.05, 0) is 46.3 Å². The van der Waals surface area contributed by atoms with E-state index in [0.717, 1.165) is 0 Å². The van der Waals surface area contributed by atoms with Crippen molar-refractivity contribution < 1.29 is 9.18 Å². The van der Waals surface area contributed by atoms with Crippen molar-refractivity contribution in [1.29, 1.82) is 0 Å². The van der Waals surface area contributed by atoms with Crippen molar-refractivity contribution in [3.63, 3.8) is 0 Å². The lowest BCUT2D eigenvalue weighted by atomic mass is 10.0. The molecule has 6 heteroatoms. The van der Waals surface area contributed by atoms with Crippen molar-refractivity contribution in [2.45, 2.75) is 0 Å². The maximum Gasteiger partial charge on any atom is 0.197 e. The molecule has 0 radical (unpaired) electrons. The Morgan fingerprint density at radius 2 is 1.74 bits per heavy atom. The van der Waals surface area contributed by atoms with Gasteiger partial charge in [0.25, 0.3) is 0 Å². The molecule has 0 spiro atoms. The van der Waals surface area contributed by atoms with Gasteiger partial charge in [-0.15, -0.1) is 0 Å². The summed E-state index contributed by atoms with van der Waals surface area (Å²) in [4.78, 5) is 12.2. The highest BCUT2D eigenvalue weighted by atomic mass is 79.9. The number of benzene rings is 2. The molecule has 0 heterocycles. The van der Waals surface area contributed by atoms with Crippen LogP contribution in [0.3, 0.4) is 0 Å². The van der Waals surface area contributed by atoms with Crippen LogP contribution in [0.15, 0.2) is 34.8 Å². The Morgan fingerprint density at radius 1 is 1.05 bits per heavy atom. The van der Waals surface area contributed by atoms with Gasteiger partial charge in [0.1, 0.15) is 0 Å². The van der Waals surface area contributed by atoms with E-state index in [-0.39, 0.29) is 21.2 Å². The maximum absolute atomic E-state index is 14.0. The van der Waals surface area contributed by atoms with Crippen LogP contribution in [0.4, 0.5) is 4.39 Å². The van der Waals surface area contributed by atoms with Gasteiger partial charge in [0.2, 0.25) is 0 Å². The van der Waals surface area contributed by atoms with Crippen molar-refractivity contribution in [3.05, 3.63) is 66.8 Å². The summed E-state index contributed by atoms with van der Waals surface area (Å²) in [5.74, 6) is -1.36. The van der Waals surface area contributed by atoms with E-state index in [1.165, 1.54) is 24.3 Å². The Hall–Kier alpha value is -0.610. The second kappa shape index (κ2) is 5.80. The van der Waals surface area contributed by atoms with E-state index >= 15 is 0 Å². The minimum absolute atomic E-state index is 0.131. The Balaban J connectivity index is 2.56. The number of carbonyl (C=O) groups is 1. The zero-order valence-corrected chi connectivity index (χ0v) is 13.0. The molecule has 0 aromatic heterocycles. The molecule has 0 aliphatic rings. The highest BCUT2D eigenvalue weighted by molar-refractivity contribution is 9.10. The lowest BCUT2D eigenvalue weighted by molar-refractivity contribution is 0.103. The summed E-state index contributed by atoms with van der Waals surface area (Å²) in [6.45, 7) is 0. The summed E-state index contributed by atoms with van der Waals surface area (Å²) < 4.78 is 14.3. The average Bonchev–Trinajstić information content (AvgIpc) is 2.38. The first-order chi connectivity index (χ1) is 8.91. The van der Waals surface area contributed by atoms with Crippen molar-refractivity contribution >= 4 is 56.5 Å². The Kier molecular flexibility index (Phi) is 4.51. The second-order valence-electron chi connectivity index (χ2n) is 3.68. The molecule has 0 aliphatic carbocycles. The number of carbonyl (C=O) groups excluding carboxylic acids is 1. The minimum atomic E-state index is -0.794. The van der Waals surface area contributed by atoms with E-state index in [0.29, 0.717) is 9.50 Å². The summed E-state index contributed by atoms with van der Waals surface area (Å²) >= 11 is 20.6. The Labute approximate surface area is 132 Å². The smallest absolute Gasteiger partial charge is 0.197 e. The van der Waals surface area contributed by atoms with Crippen molar-refractivity contribution in [1.82, 2.24) is 0 Å². The first-order valence-electron chi connectivity index (χ1n) is 5.05. The summed E-state index contributed by atoms with van der Waals surface area (Å²) in [5.41, 5.74) is -0.0242. The summed E-state index contributed by atoms with van der Waals surface area (Å²) in [6.07, 6.45) is 0. The molecule has 1 nitrogen and oxygen atoms in total. The van der Waals surface area contributed by atoms with E-state index in [4.69, 9.17) is 34.8 Å². The third-order valence-corrected chi connectivity index (χ3v) is 4.28. The molecular weight excluding hydrogens is 377 g/mol. The molecule has 0 atom stereocenters. The highest BCUT2D eigenvalue weighted by Gasteiger charge is 2.20. The van der Waals surface area contributed by atoms with Gasteiger partial charge in [0.05, 0.1) is 15.6 Å². The SMILES string of the molecule is O=C(c1cc(Cl)ccc1Cl)c1ccc(Br)c(Cl)c1F. The quantitative estimate of drug-likeness (QED) is 0.475. The molecule has 2 rings (SSSR count). The largest absolute Gasteiger partial charge is 0.288 e. The van der Waals surface area contributed by atoms with Gasteiger partial charge in [0.15, 0.2) is 11.6 Å². The van der Waals surface area contributed by atoms with Crippen LogP contribution in [0.2, 0.25) is 15.1 Å². The molecular formula is C13H5BrCl3FO. The van der Waals surface area contributed by atoms with Crippen LogP contribution in [0.5, 0.6) is 0 Å². The van der Waals surface area contributed by atoms with Crippen LogP contribution in [-0.2, 0) is 0 Å². The van der Waals surface area contributed by atoms with Crippen LogP contribution in [0.25, 0.3) is 0 Å². The number of halogens is 5. The first-order valence-corrected chi connectivity index (χ1v) is 6.97. The van der Waals surface area contributed by atoms with Gasteiger partial charge in [-0.25, -0.2) is 4.39 Å². The Morgan fingerprint density at radius 3 is 2.42 bits per heavy atom. The second-order valence-corrected chi connectivity index (χ2v) is 5.75. The summed E-state index contributed by atoms with van der Waals surface area (Å²) in [7, 11) is 0. The fraction of sp³-hybridized carbons (Fsp3) is 0. The predicted molar refractivity (Wildman–Crippen MR) is 79.0 cm³/mol. The van der Waals surface area contributed by atoms with Crippen molar-refractivity contribution in [3.8, 4) is 0 Å².